The molecule has 1 unspecified atom stereocenters. The summed E-state index contributed by atoms with van der Waals surface area (Å²) in [7, 11) is 1.62. The molecule has 0 saturated carbocycles. The van der Waals surface area contributed by atoms with Crippen molar-refractivity contribution in [3.8, 4) is 0 Å². The molecule has 1 amide bonds. The molecule has 0 aliphatic carbocycles. The number of aliphatic hydroxyl groups is 1. The first-order valence-electron chi connectivity index (χ1n) is 4.85. The molecule has 0 radical (unpaired) electrons. The fraction of sp³-hybridized carbons (Fsp3) is 0.889. The van der Waals surface area contributed by atoms with Crippen molar-refractivity contribution < 1.29 is 14.6 Å². The third kappa shape index (κ3) is 6.82. The number of methoxy groups -OCH3 is 1. The van der Waals surface area contributed by atoms with Crippen molar-refractivity contribution in [2.45, 2.75) is 25.3 Å². The number of ether oxygens (including phenoxy) is 1. The minimum Gasteiger partial charge on any atom is -0.396 e. The Labute approximate surface area is 84.6 Å². The van der Waals surface area contributed by atoms with Crippen LogP contribution in [0.3, 0.4) is 0 Å². The highest BCUT2D eigenvalue weighted by molar-refractivity contribution is 5.81. The molecule has 0 aromatic carbocycles. The molecule has 0 heterocycles. The minimum atomic E-state index is -0.469. The summed E-state index contributed by atoms with van der Waals surface area (Å²) in [6, 6.07) is -0.469. The zero-order chi connectivity index (χ0) is 10.8. The Bertz CT molecular complexity index is 153. The van der Waals surface area contributed by atoms with Crippen LogP contribution in [-0.2, 0) is 9.53 Å². The van der Waals surface area contributed by atoms with Crippen molar-refractivity contribution in [1.82, 2.24) is 5.32 Å². The van der Waals surface area contributed by atoms with Gasteiger partial charge in [-0.2, -0.15) is 0 Å². The molecule has 0 aliphatic heterocycles. The van der Waals surface area contributed by atoms with Gasteiger partial charge in [0, 0.05) is 26.9 Å². The van der Waals surface area contributed by atoms with E-state index in [2.05, 4.69) is 5.32 Å². The molecule has 84 valence electrons. The van der Waals surface area contributed by atoms with E-state index in [1.54, 1.807) is 7.11 Å². The summed E-state index contributed by atoms with van der Waals surface area (Å²) in [5, 5.41) is 11.1. The molecule has 0 aromatic rings. The Morgan fingerprint density at radius 2 is 2.29 bits per heavy atom. The molecule has 5 nitrogen and oxygen atoms in total. The van der Waals surface area contributed by atoms with Crippen LogP contribution in [0.1, 0.15) is 19.3 Å². The number of hydrogen-bond donors (Lipinski definition) is 3. The average molecular weight is 204 g/mol. The Morgan fingerprint density at radius 1 is 1.57 bits per heavy atom. The van der Waals surface area contributed by atoms with Crippen molar-refractivity contribution in [1.29, 1.82) is 0 Å². The van der Waals surface area contributed by atoms with Crippen molar-refractivity contribution in [3.05, 3.63) is 0 Å². The third-order valence-electron chi connectivity index (χ3n) is 1.83. The lowest BCUT2D eigenvalue weighted by Crippen LogP contribution is -2.41. The Morgan fingerprint density at radius 3 is 2.86 bits per heavy atom. The van der Waals surface area contributed by atoms with Gasteiger partial charge in [-0.05, 0) is 19.3 Å². The van der Waals surface area contributed by atoms with E-state index in [9.17, 15) is 4.79 Å². The summed E-state index contributed by atoms with van der Waals surface area (Å²) in [6.07, 6.45) is 1.97. The van der Waals surface area contributed by atoms with Crippen molar-refractivity contribution in [2.75, 3.05) is 26.9 Å². The molecule has 5 heteroatoms. The zero-order valence-electron chi connectivity index (χ0n) is 8.66. The lowest BCUT2D eigenvalue weighted by Gasteiger charge is -2.11. The summed E-state index contributed by atoms with van der Waals surface area (Å²) in [5.41, 5.74) is 5.61. The molecule has 4 N–H and O–H groups in total. The van der Waals surface area contributed by atoms with Crippen molar-refractivity contribution >= 4 is 5.91 Å². The molecule has 0 spiro atoms. The Balaban J connectivity index is 3.44. The van der Waals surface area contributed by atoms with E-state index < -0.39 is 6.04 Å². The van der Waals surface area contributed by atoms with Gasteiger partial charge in [0.1, 0.15) is 0 Å². The minimum absolute atomic E-state index is 0.0825. The smallest absolute Gasteiger partial charge is 0.236 e. The van der Waals surface area contributed by atoms with E-state index in [-0.39, 0.29) is 12.5 Å². The second-order valence-electron chi connectivity index (χ2n) is 3.11. The SMILES string of the molecule is COCCCC(N)C(=O)NCCCO. The van der Waals surface area contributed by atoms with Gasteiger partial charge in [-0.25, -0.2) is 0 Å². The number of carbonyl (C=O) groups is 1. The first-order valence-corrected chi connectivity index (χ1v) is 4.85. The number of nitrogens with two attached hydrogens (primary N) is 1. The summed E-state index contributed by atoms with van der Waals surface area (Å²) in [6.45, 7) is 1.18. The largest absolute Gasteiger partial charge is 0.396 e. The maximum absolute atomic E-state index is 11.3. The summed E-state index contributed by atoms with van der Waals surface area (Å²) in [5.74, 6) is -0.158. The van der Waals surface area contributed by atoms with Crippen LogP contribution in [0.2, 0.25) is 0 Å². The maximum Gasteiger partial charge on any atom is 0.236 e. The predicted molar refractivity (Wildman–Crippen MR) is 53.8 cm³/mol. The highest BCUT2D eigenvalue weighted by atomic mass is 16.5. The Hall–Kier alpha value is -0.650. The quantitative estimate of drug-likeness (QED) is 0.454. The van der Waals surface area contributed by atoms with Crippen molar-refractivity contribution in [2.24, 2.45) is 5.73 Å². The molecule has 1 atom stereocenters. The molecule has 14 heavy (non-hydrogen) atoms. The second kappa shape index (κ2) is 8.93. The standard InChI is InChI=1S/C9H20N2O3/c1-14-7-2-4-8(10)9(13)11-5-3-6-12/h8,12H,2-7,10H2,1H3,(H,11,13). The van der Waals surface area contributed by atoms with Gasteiger partial charge < -0.3 is 20.9 Å². The highest BCUT2D eigenvalue weighted by Crippen LogP contribution is 1.94. The molecule has 0 aromatic heterocycles. The molecular formula is C9H20N2O3. The number of aliphatic hydroxyl groups excluding tert-OH is 1. The predicted octanol–water partition coefficient (Wildman–Crippen LogP) is -0.761. The maximum atomic E-state index is 11.3. The lowest BCUT2D eigenvalue weighted by molar-refractivity contribution is -0.122. The first kappa shape index (κ1) is 13.4. The number of nitrogens with one attached hydrogen (secondary N) is 1. The van der Waals surface area contributed by atoms with Gasteiger partial charge in [-0.15, -0.1) is 0 Å². The van der Waals surface area contributed by atoms with Crippen LogP contribution >= 0.6 is 0 Å². The summed E-state index contributed by atoms with van der Waals surface area (Å²) < 4.78 is 4.85. The molecule has 0 saturated heterocycles. The van der Waals surface area contributed by atoms with Gasteiger partial charge in [0.05, 0.1) is 6.04 Å². The first-order chi connectivity index (χ1) is 6.72. The lowest BCUT2D eigenvalue weighted by atomic mass is 10.1. The number of hydrogen-bond acceptors (Lipinski definition) is 4. The van der Waals surface area contributed by atoms with E-state index >= 15 is 0 Å². The van der Waals surface area contributed by atoms with Gasteiger partial charge >= 0.3 is 0 Å². The van der Waals surface area contributed by atoms with E-state index in [0.29, 0.717) is 26.0 Å². The van der Waals surface area contributed by atoms with Crippen LogP contribution in [-0.4, -0.2) is 43.9 Å². The molecule has 0 bridgehead atoms. The van der Waals surface area contributed by atoms with Crippen LogP contribution in [0.4, 0.5) is 0 Å². The molecule has 0 rings (SSSR count). The number of carbonyl (C=O) groups excluding carboxylic acids is 1. The molecule has 0 aliphatic rings. The van der Waals surface area contributed by atoms with Gasteiger partial charge in [0.2, 0.25) is 5.91 Å². The second-order valence-corrected chi connectivity index (χ2v) is 3.11. The number of rotatable bonds is 8. The zero-order valence-corrected chi connectivity index (χ0v) is 8.66. The normalized spacial score (nSPS) is 12.5. The van der Waals surface area contributed by atoms with Crippen LogP contribution in [0.5, 0.6) is 0 Å². The van der Waals surface area contributed by atoms with Crippen molar-refractivity contribution in [3.63, 3.8) is 0 Å². The van der Waals surface area contributed by atoms with Crippen LogP contribution in [0.15, 0.2) is 0 Å². The monoisotopic (exact) mass is 204 g/mol. The number of amides is 1. The molecular weight excluding hydrogens is 184 g/mol. The average Bonchev–Trinajstić information content (AvgIpc) is 2.18. The van der Waals surface area contributed by atoms with Gasteiger partial charge in [-0.3, -0.25) is 4.79 Å². The van der Waals surface area contributed by atoms with Crippen LogP contribution < -0.4 is 11.1 Å². The molecule has 0 fully saturated rings. The van der Waals surface area contributed by atoms with E-state index in [1.165, 1.54) is 0 Å². The van der Waals surface area contributed by atoms with E-state index in [4.69, 9.17) is 15.6 Å². The third-order valence-corrected chi connectivity index (χ3v) is 1.83. The van der Waals surface area contributed by atoms with E-state index in [1.807, 2.05) is 0 Å². The van der Waals surface area contributed by atoms with E-state index in [0.717, 1.165) is 6.42 Å². The topological polar surface area (TPSA) is 84.6 Å². The van der Waals surface area contributed by atoms with Crippen LogP contribution in [0, 0.1) is 0 Å². The fourth-order valence-corrected chi connectivity index (χ4v) is 1.00. The van der Waals surface area contributed by atoms with Gasteiger partial charge in [0.15, 0.2) is 0 Å². The van der Waals surface area contributed by atoms with Gasteiger partial charge in [-0.1, -0.05) is 0 Å². The van der Waals surface area contributed by atoms with Crippen LogP contribution in [0.25, 0.3) is 0 Å². The fourth-order valence-electron chi connectivity index (χ4n) is 1.00. The summed E-state index contributed by atoms with van der Waals surface area (Å²) in [4.78, 5) is 11.3. The summed E-state index contributed by atoms with van der Waals surface area (Å²) >= 11 is 0. The Kier molecular flexibility index (Phi) is 8.51. The highest BCUT2D eigenvalue weighted by Gasteiger charge is 2.11. The van der Waals surface area contributed by atoms with Gasteiger partial charge in [0.25, 0.3) is 0 Å².